The summed E-state index contributed by atoms with van der Waals surface area (Å²) in [6, 6.07) is 0.0668. The molecule has 0 aromatic rings. The Morgan fingerprint density at radius 1 is 1.38 bits per heavy atom. The maximum atomic E-state index is 11.4. The maximum absolute atomic E-state index is 11.4. The lowest BCUT2D eigenvalue weighted by Gasteiger charge is -2.19. The van der Waals surface area contributed by atoms with E-state index in [1.807, 2.05) is 20.8 Å². The van der Waals surface area contributed by atoms with Crippen LogP contribution >= 0.6 is 22.6 Å². The molecule has 0 amide bonds. The van der Waals surface area contributed by atoms with Gasteiger partial charge < -0.3 is 0 Å². The molecule has 13 heavy (non-hydrogen) atoms. The van der Waals surface area contributed by atoms with Gasteiger partial charge in [0.05, 0.1) is 5.75 Å². The predicted octanol–water partition coefficient (Wildman–Crippen LogP) is 1.78. The average molecular weight is 319 g/mol. The van der Waals surface area contributed by atoms with E-state index in [0.717, 1.165) is 4.43 Å². The predicted molar refractivity (Wildman–Crippen MR) is 64.7 cm³/mol. The van der Waals surface area contributed by atoms with E-state index in [2.05, 4.69) is 27.3 Å². The van der Waals surface area contributed by atoms with Gasteiger partial charge in [0.2, 0.25) is 10.0 Å². The summed E-state index contributed by atoms with van der Waals surface area (Å²) in [6.45, 7) is 5.92. The van der Waals surface area contributed by atoms with Crippen molar-refractivity contribution in [3.63, 3.8) is 0 Å². The number of sulfonamides is 1. The fourth-order valence-electron chi connectivity index (χ4n) is 0.904. The molecule has 0 saturated heterocycles. The van der Waals surface area contributed by atoms with E-state index in [-0.39, 0.29) is 11.8 Å². The molecule has 1 unspecified atom stereocenters. The van der Waals surface area contributed by atoms with Crippen LogP contribution < -0.4 is 4.72 Å². The van der Waals surface area contributed by atoms with Gasteiger partial charge in [-0.05, 0) is 12.3 Å². The Balaban J connectivity index is 4.23. The van der Waals surface area contributed by atoms with Crippen LogP contribution in [0.3, 0.4) is 0 Å². The van der Waals surface area contributed by atoms with E-state index in [1.165, 1.54) is 0 Å². The van der Waals surface area contributed by atoms with Crippen molar-refractivity contribution in [1.82, 2.24) is 4.72 Å². The van der Waals surface area contributed by atoms with Gasteiger partial charge >= 0.3 is 0 Å². The van der Waals surface area contributed by atoms with Gasteiger partial charge in [0.15, 0.2) is 0 Å². The smallest absolute Gasteiger partial charge is 0.211 e. The SMILES string of the molecule is CCCS(=O)(=O)NC(CI)C(C)C. The molecule has 0 saturated carbocycles. The third kappa shape index (κ3) is 5.85. The van der Waals surface area contributed by atoms with Gasteiger partial charge in [-0.1, -0.05) is 43.4 Å². The molecule has 0 aliphatic carbocycles. The minimum Gasteiger partial charge on any atom is -0.212 e. The second kappa shape index (κ2) is 6.19. The third-order valence-corrected chi connectivity index (χ3v) is 4.33. The molecular weight excluding hydrogens is 301 g/mol. The van der Waals surface area contributed by atoms with Crippen LogP contribution in [0.25, 0.3) is 0 Å². The fraction of sp³-hybridized carbons (Fsp3) is 1.00. The molecular formula is C8H18INO2S. The highest BCUT2D eigenvalue weighted by Gasteiger charge is 2.18. The number of alkyl halides is 1. The lowest BCUT2D eigenvalue weighted by atomic mass is 10.1. The molecule has 0 aliphatic heterocycles. The van der Waals surface area contributed by atoms with Crippen LogP contribution in [0.4, 0.5) is 0 Å². The summed E-state index contributed by atoms with van der Waals surface area (Å²) in [7, 11) is -3.04. The van der Waals surface area contributed by atoms with E-state index in [4.69, 9.17) is 0 Å². The number of hydrogen-bond acceptors (Lipinski definition) is 2. The molecule has 0 heterocycles. The quantitative estimate of drug-likeness (QED) is 0.599. The Morgan fingerprint density at radius 3 is 2.23 bits per heavy atom. The zero-order valence-electron chi connectivity index (χ0n) is 8.38. The topological polar surface area (TPSA) is 46.2 Å². The Hall–Kier alpha value is 0.640. The van der Waals surface area contributed by atoms with Crippen molar-refractivity contribution in [2.75, 3.05) is 10.2 Å². The van der Waals surface area contributed by atoms with E-state index < -0.39 is 10.0 Å². The van der Waals surface area contributed by atoms with Crippen LogP contribution in [0, 0.1) is 5.92 Å². The van der Waals surface area contributed by atoms with Crippen LogP contribution in [-0.2, 0) is 10.0 Å². The summed E-state index contributed by atoms with van der Waals surface area (Å²) in [4.78, 5) is 0. The van der Waals surface area contributed by atoms with Crippen molar-refractivity contribution in [3.05, 3.63) is 0 Å². The molecule has 1 atom stereocenters. The summed E-state index contributed by atoms with van der Waals surface area (Å²) in [5.74, 6) is 0.580. The van der Waals surface area contributed by atoms with Gasteiger partial charge in [-0.3, -0.25) is 0 Å². The van der Waals surface area contributed by atoms with Crippen LogP contribution in [0.1, 0.15) is 27.2 Å². The molecule has 0 radical (unpaired) electrons. The maximum Gasteiger partial charge on any atom is 0.211 e. The summed E-state index contributed by atoms with van der Waals surface area (Å²) >= 11 is 2.21. The van der Waals surface area contributed by atoms with Crippen LogP contribution in [0.15, 0.2) is 0 Å². The van der Waals surface area contributed by atoms with E-state index in [0.29, 0.717) is 12.3 Å². The van der Waals surface area contributed by atoms with Crippen molar-refractivity contribution in [3.8, 4) is 0 Å². The van der Waals surface area contributed by atoms with Crippen LogP contribution in [0.2, 0.25) is 0 Å². The minimum atomic E-state index is -3.04. The van der Waals surface area contributed by atoms with Gasteiger partial charge in [0.25, 0.3) is 0 Å². The lowest BCUT2D eigenvalue weighted by Crippen LogP contribution is -2.40. The molecule has 0 aromatic heterocycles. The molecule has 0 spiro atoms. The molecule has 5 heteroatoms. The molecule has 0 aromatic carbocycles. The second-order valence-corrected chi connectivity index (χ2v) is 6.20. The second-order valence-electron chi connectivity index (χ2n) is 3.44. The highest BCUT2D eigenvalue weighted by Crippen LogP contribution is 2.07. The largest absolute Gasteiger partial charge is 0.212 e. The van der Waals surface area contributed by atoms with Crippen molar-refractivity contribution in [2.45, 2.75) is 33.2 Å². The first-order valence-corrected chi connectivity index (χ1v) is 7.66. The number of halogens is 1. The molecule has 0 rings (SSSR count). The Bertz CT molecular complexity index is 226. The third-order valence-electron chi connectivity index (χ3n) is 1.77. The minimum absolute atomic E-state index is 0.0668. The van der Waals surface area contributed by atoms with E-state index >= 15 is 0 Å². The van der Waals surface area contributed by atoms with Crippen molar-refractivity contribution in [2.24, 2.45) is 5.92 Å². The van der Waals surface area contributed by atoms with Gasteiger partial charge in [-0.15, -0.1) is 0 Å². The monoisotopic (exact) mass is 319 g/mol. The highest BCUT2D eigenvalue weighted by atomic mass is 127. The standard InChI is InChI=1S/C8H18INO2S/c1-4-5-13(11,12)10-8(6-9)7(2)3/h7-8,10H,4-6H2,1-3H3. The summed E-state index contributed by atoms with van der Waals surface area (Å²) in [6.07, 6.45) is 0.668. The molecule has 3 nitrogen and oxygen atoms in total. The Labute approximate surface area is 94.9 Å². The van der Waals surface area contributed by atoms with Crippen LogP contribution in [0.5, 0.6) is 0 Å². The molecule has 0 aliphatic rings. The number of rotatable bonds is 6. The molecule has 1 N–H and O–H groups in total. The summed E-state index contributed by atoms with van der Waals surface area (Å²) < 4.78 is 26.3. The summed E-state index contributed by atoms with van der Waals surface area (Å²) in [5.41, 5.74) is 0. The first kappa shape index (κ1) is 13.6. The van der Waals surface area contributed by atoms with Crippen molar-refractivity contribution in [1.29, 1.82) is 0 Å². The normalized spacial score (nSPS) is 14.8. The van der Waals surface area contributed by atoms with Gasteiger partial charge in [-0.2, -0.15) is 0 Å². The lowest BCUT2D eigenvalue weighted by molar-refractivity contribution is 0.485. The first-order valence-electron chi connectivity index (χ1n) is 4.49. The Kier molecular flexibility index (Phi) is 6.49. The zero-order valence-corrected chi connectivity index (χ0v) is 11.4. The van der Waals surface area contributed by atoms with Crippen LogP contribution in [-0.4, -0.2) is 24.6 Å². The van der Waals surface area contributed by atoms with Crippen molar-refractivity contribution < 1.29 is 8.42 Å². The summed E-state index contributed by atoms with van der Waals surface area (Å²) in [5, 5.41) is 0. The number of hydrogen-bond donors (Lipinski definition) is 1. The molecule has 0 bridgehead atoms. The van der Waals surface area contributed by atoms with Gasteiger partial charge in [-0.25, -0.2) is 13.1 Å². The van der Waals surface area contributed by atoms with E-state index in [1.54, 1.807) is 0 Å². The molecule has 0 fully saturated rings. The first-order chi connectivity index (χ1) is 5.93. The van der Waals surface area contributed by atoms with Gasteiger partial charge in [0, 0.05) is 10.5 Å². The average Bonchev–Trinajstić information content (AvgIpc) is 1.99. The zero-order chi connectivity index (χ0) is 10.5. The fourth-order valence-corrected chi connectivity index (χ4v) is 3.91. The van der Waals surface area contributed by atoms with Gasteiger partial charge in [0.1, 0.15) is 0 Å². The highest BCUT2D eigenvalue weighted by molar-refractivity contribution is 14.1. The Morgan fingerprint density at radius 2 is 1.92 bits per heavy atom. The number of nitrogens with one attached hydrogen (secondary N) is 1. The molecule has 80 valence electrons. The van der Waals surface area contributed by atoms with Crippen molar-refractivity contribution >= 4 is 32.6 Å². The van der Waals surface area contributed by atoms with E-state index in [9.17, 15) is 8.42 Å².